The maximum Gasteiger partial charge on any atom is 0.331 e. The number of aliphatic carboxylic acids is 1. The summed E-state index contributed by atoms with van der Waals surface area (Å²) in [6.07, 6.45) is 1.49. The van der Waals surface area contributed by atoms with Crippen LogP contribution in [0.2, 0.25) is 0 Å². The molecule has 1 rings (SSSR count). The van der Waals surface area contributed by atoms with Crippen LogP contribution in [0.1, 0.15) is 30.0 Å². The van der Waals surface area contributed by atoms with E-state index in [1.165, 1.54) is 24.3 Å². The van der Waals surface area contributed by atoms with Crippen LogP contribution in [0.25, 0.3) is 6.08 Å². The number of carbonyl (C=O) groups is 2. The number of carbonyl (C=O) groups excluding carboxylic acids is 1. The highest BCUT2D eigenvalue weighted by Gasteiger charge is 2.09. The Morgan fingerprint density at radius 2 is 1.83 bits per heavy atom. The minimum Gasteiger partial charge on any atom is -0.478 e. The molecule has 0 unspecified atom stereocenters. The maximum absolute atomic E-state index is 11.4. The summed E-state index contributed by atoms with van der Waals surface area (Å²) in [7, 11) is 0. The van der Waals surface area contributed by atoms with Crippen molar-refractivity contribution in [2.45, 2.75) is 13.3 Å². The Morgan fingerprint density at radius 3 is 2.26 bits per heavy atom. The molecule has 2 N–H and O–H groups in total. The quantitative estimate of drug-likeness (QED) is 0.780. The van der Waals surface area contributed by atoms with E-state index in [0.717, 1.165) is 0 Å². The molecule has 0 bridgehead atoms. The molecule has 0 aliphatic rings. The number of carboxylic acid groups (broad SMARTS) is 1. The molecule has 1 amide bonds. The molecule has 0 saturated carbocycles. The van der Waals surface area contributed by atoms with Crippen molar-refractivity contribution in [3.63, 3.8) is 0 Å². The molecule has 0 aromatic heterocycles. The fraction of sp³-hybridized carbons (Fsp3) is 0.176. The van der Waals surface area contributed by atoms with Crippen molar-refractivity contribution in [1.82, 2.24) is 5.32 Å². The molecule has 0 heterocycles. The molecule has 6 heteroatoms. The molecule has 0 aliphatic heterocycles. The summed E-state index contributed by atoms with van der Waals surface area (Å²) >= 11 is 0. The van der Waals surface area contributed by atoms with E-state index in [1.54, 1.807) is 6.92 Å². The summed E-state index contributed by atoms with van der Waals surface area (Å²) in [5.41, 5.74) is 1.40. The molecule has 0 aliphatic carbocycles. The lowest BCUT2D eigenvalue weighted by Crippen LogP contribution is -2.25. The van der Waals surface area contributed by atoms with E-state index in [1.807, 2.05) is 12.1 Å². The number of nitriles is 2. The van der Waals surface area contributed by atoms with Crippen molar-refractivity contribution in [3.05, 3.63) is 52.6 Å². The molecule has 0 fully saturated rings. The zero-order valence-corrected chi connectivity index (χ0v) is 12.6. The second kappa shape index (κ2) is 8.16. The predicted molar refractivity (Wildman–Crippen MR) is 83.9 cm³/mol. The third-order valence-corrected chi connectivity index (χ3v) is 2.90. The third-order valence-electron chi connectivity index (χ3n) is 2.90. The summed E-state index contributed by atoms with van der Waals surface area (Å²) in [5.74, 6) is -1.47. The normalized spacial score (nSPS) is 10.3. The topological polar surface area (TPSA) is 114 Å². The van der Waals surface area contributed by atoms with Crippen molar-refractivity contribution >= 4 is 18.0 Å². The average molecular weight is 309 g/mol. The molecule has 1 aromatic rings. The first-order valence-corrected chi connectivity index (χ1v) is 6.70. The molecule has 116 valence electrons. The van der Waals surface area contributed by atoms with Gasteiger partial charge >= 0.3 is 5.97 Å². The maximum atomic E-state index is 11.4. The fourth-order valence-corrected chi connectivity index (χ4v) is 1.77. The Labute approximate surface area is 134 Å². The van der Waals surface area contributed by atoms with E-state index in [9.17, 15) is 14.7 Å². The number of carboxylic acids is 1. The first kappa shape index (κ1) is 17.7. The van der Waals surface area contributed by atoms with E-state index < -0.39 is 5.97 Å². The van der Waals surface area contributed by atoms with Crippen molar-refractivity contribution < 1.29 is 14.7 Å². The number of rotatable bonds is 6. The number of hydrogen-bond acceptors (Lipinski definition) is 4. The zero-order valence-electron chi connectivity index (χ0n) is 12.6. The zero-order chi connectivity index (χ0) is 17.4. The second-order valence-electron chi connectivity index (χ2n) is 4.83. The van der Waals surface area contributed by atoms with E-state index >= 15 is 0 Å². The van der Waals surface area contributed by atoms with Gasteiger partial charge in [0.05, 0.1) is 23.3 Å². The predicted octanol–water partition coefficient (Wildman–Crippen LogP) is 1.98. The highest BCUT2D eigenvalue weighted by Crippen LogP contribution is 2.14. The van der Waals surface area contributed by atoms with Gasteiger partial charge in [-0.3, -0.25) is 4.79 Å². The van der Waals surface area contributed by atoms with Crippen molar-refractivity contribution in [1.29, 1.82) is 10.5 Å². The van der Waals surface area contributed by atoms with Gasteiger partial charge in [-0.25, -0.2) is 4.79 Å². The summed E-state index contributed by atoms with van der Waals surface area (Å²) < 4.78 is 0. The lowest BCUT2D eigenvalue weighted by atomic mass is 10.0. The molecular weight excluding hydrogens is 294 g/mol. The van der Waals surface area contributed by atoms with E-state index in [4.69, 9.17) is 10.5 Å². The van der Waals surface area contributed by atoms with Crippen LogP contribution in [0.15, 0.2) is 35.9 Å². The molecule has 0 radical (unpaired) electrons. The highest BCUT2D eigenvalue weighted by molar-refractivity contribution is 5.93. The Bertz CT molecular complexity index is 732. The molecule has 0 saturated heterocycles. The van der Waals surface area contributed by atoms with Gasteiger partial charge in [0.15, 0.2) is 0 Å². The van der Waals surface area contributed by atoms with Crippen LogP contribution < -0.4 is 5.32 Å². The average Bonchev–Trinajstić information content (AvgIpc) is 2.52. The monoisotopic (exact) mass is 309 g/mol. The lowest BCUT2D eigenvalue weighted by molar-refractivity contribution is -0.132. The molecule has 23 heavy (non-hydrogen) atoms. The van der Waals surface area contributed by atoms with Gasteiger partial charge in [0.25, 0.3) is 0 Å². The standard InChI is InChI=1S/C17H15N3O3/c1-11(2)16(21)20-4-3-15(17(22)23)8-12-5-13(9-18)7-14(6-12)10-19/h5-8H,1,3-4H2,2H3,(H,20,21)(H,22,23)/b15-8+. The van der Waals surface area contributed by atoms with Crippen LogP contribution in [0.4, 0.5) is 0 Å². The number of nitrogens with zero attached hydrogens (tertiary/aromatic N) is 2. The van der Waals surface area contributed by atoms with E-state index in [0.29, 0.717) is 11.1 Å². The summed E-state index contributed by atoms with van der Waals surface area (Å²) in [5, 5.41) is 29.6. The second-order valence-corrected chi connectivity index (χ2v) is 4.83. The summed E-state index contributed by atoms with van der Waals surface area (Å²) in [6.45, 7) is 5.19. The van der Waals surface area contributed by atoms with Crippen LogP contribution in [0, 0.1) is 22.7 Å². The SMILES string of the molecule is C=C(C)C(=O)NCC/C(=C\c1cc(C#N)cc(C#N)c1)C(=O)O. The largest absolute Gasteiger partial charge is 0.478 e. The van der Waals surface area contributed by atoms with Gasteiger partial charge in [-0.05, 0) is 43.2 Å². The van der Waals surface area contributed by atoms with Crippen LogP contribution in [-0.4, -0.2) is 23.5 Å². The van der Waals surface area contributed by atoms with Crippen LogP contribution >= 0.6 is 0 Å². The Kier molecular flexibility index (Phi) is 6.27. The summed E-state index contributed by atoms with van der Waals surface area (Å²) in [6, 6.07) is 8.26. The van der Waals surface area contributed by atoms with E-state index in [-0.39, 0.29) is 35.6 Å². The van der Waals surface area contributed by atoms with E-state index in [2.05, 4.69) is 11.9 Å². The number of amides is 1. The van der Waals surface area contributed by atoms with Crippen molar-refractivity contribution in [2.75, 3.05) is 6.54 Å². The van der Waals surface area contributed by atoms with Gasteiger partial charge in [0, 0.05) is 17.7 Å². The van der Waals surface area contributed by atoms with Gasteiger partial charge in [-0.1, -0.05) is 6.58 Å². The molecule has 1 aromatic carbocycles. The Hall–Kier alpha value is -3.38. The first-order valence-electron chi connectivity index (χ1n) is 6.70. The van der Waals surface area contributed by atoms with Gasteiger partial charge in [0.1, 0.15) is 0 Å². The van der Waals surface area contributed by atoms with Crippen LogP contribution in [0.5, 0.6) is 0 Å². The third kappa shape index (κ3) is 5.49. The van der Waals surface area contributed by atoms with Crippen LogP contribution in [-0.2, 0) is 9.59 Å². The van der Waals surface area contributed by atoms with Crippen molar-refractivity contribution in [2.24, 2.45) is 0 Å². The van der Waals surface area contributed by atoms with Crippen molar-refractivity contribution in [3.8, 4) is 12.1 Å². The minimum atomic E-state index is -1.13. The molecule has 0 atom stereocenters. The Morgan fingerprint density at radius 1 is 1.26 bits per heavy atom. The van der Waals surface area contributed by atoms with Gasteiger partial charge < -0.3 is 10.4 Å². The number of hydrogen-bond donors (Lipinski definition) is 2. The lowest BCUT2D eigenvalue weighted by Gasteiger charge is -2.06. The first-order chi connectivity index (χ1) is 10.9. The molecule has 6 nitrogen and oxygen atoms in total. The fourth-order valence-electron chi connectivity index (χ4n) is 1.77. The van der Waals surface area contributed by atoms with Gasteiger partial charge in [-0.15, -0.1) is 0 Å². The Balaban J connectivity index is 2.98. The van der Waals surface area contributed by atoms with Gasteiger partial charge in [-0.2, -0.15) is 10.5 Å². The summed E-state index contributed by atoms with van der Waals surface area (Å²) in [4.78, 5) is 22.7. The van der Waals surface area contributed by atoms with Gasteiger partial charge in [0.2, 0.25) is 5.91 Å². The highest BCUT2D eigenvalue weighted by atomic mass is 16.4. The number of nitrogens with one attached hydrogen (secondary N) is 1. The molecular formula is C17H15N3O3. The smallest absolute Gasteiger partial charge is 0.331 e. The molecule has 0 spiro atoms. The van der Waals surface area contributed by atoms with Crippen LogP contribution in [0.3, 0.4) is 0 Å². The minimum absolute atomic E-state index is 0.0611. The number of benzene rings is 1.